The largest absolute Gasteiger partial charge is 0.497 e. The second kappa shape index (κ2) is 10.3. The average Bonchev–Trinajstić information content (AvgIpc) is 3.31. The number of para-hydroxylation sites is 2. The van der Waals surface area contributed by atoms with E-state index in [9.17, 15) is 4.79 Å². The minimum atomic E-state index is -0.141. The number of benzene rings is 3. The average molecular weight is 427 g/mol. The fourth-order valence-corrected chi connectivity index (χ4v) is 3.39. The number of amides is 1. The lowest BCUT2D eigenvalue weighted by Crippen LogP contribution is -2.26. The Hall–Kier alpha value is -4.06. The number of methoxy groups -OCH3 is 1. The zero-order valence-electron chi connectivity index (χ0n) is 18.0. The van der Waals surface area contributed by atoms with E-state index in [2.05, 4.69) is 10.6 Å². The van der Waals surface area contributed by atoms with Crippen LogP contribution in [-0.4, -0.2) is 35.9 Å². The van der Waals surface area contributed by atoms with E-state index >= 15 is 0 Å². The lowest BCUT2D eigenvalue weighted by Gasteiger charge is -2.08. The molecule has 32 heavy (non-hydrogen) atoms. The van der Waals surface area contributed by atoms with Crippen molar-refractivity contribution in [2.24, 2.45) is 0 Å². The molecule has 0 atom stereocenters. The zero-order valence-corrected chi connectivity index (χ0v) is 18.0. The molecule has 0 unspecified atom stereocenters. The molecule has 1 amide bonds. The first-order chi connectivity index (χ1) is 15.7. The molecule has 2 N–H and O–H groups in total. The van der Waals surface area contributed by atoms with Crippen molar-refractivity contribution in [3.8, 4) is 22.7 Å². The highest BCUT2D eigenvalue weighted by Crippen LogP contribution is 2.26. The minimum Gasteiger partial charge on any atom is -0.497 e. The molecule has 0 aliphatic carbocycles. The van der Waals surface area contributed by atoms with Crippen molar-refractivity contribution >= 4 is 11.6 Å². The van der Waals surface area contributed by atoms with Crippen LogP contribution in [0.5, 0.6) is 5.75 Å². The van der Waals surface area contributed by atoms with Gasteiger partial charge in [0, 0.05) is 30.5 Å². The fraction of sp³-hybridized carbons (Fsp3) is 0.154. The van der Waals surface area contributed by atoms with Crippen LogP contribution in [0.3, 0.4) is 0 Å². The molecule has 0 fully saturated rings. The summed E-state index contributed by atoms with van der Waals surface area (Å²) in [4.78, 5) is 13.0. The van der Waals surface area contributed by atoms with E-state index in [-0.39, 0.29) is 5.91 Å². The van der Waals surface area contributed by atoms with Gasteiger partial charge in [-0.15, -0.1) is 0 Å². The van der Waals surface area contributed by atoms with Crippen LogP contribution >= 0.6 is 0 Å². The van der Waals surface area contributed by atoms with Gasteiger partial charge in [-0.05, 0) is 55.0 Å². The van der Waals surface area contributed by atoms with Crippen LogP contribution in [-0.2, 0) is 0 Å². The predicted octanol–water partition coefficient (Wildman–Crippen LogP) is 4.78. The van der Waals surface area contributed by atoms with Crippen molar-refractivity contribution < 1.29 is 9.53 Å². The molecule has 0 bridgehead atoms. The third-order valence-electron chi connectivity index (χ3n) is 5.09. The van der Waals surface area contributed by atoms with E-state index in [0.717, 1.165) is 35.7 Å². The number of carbonyl (C=O) groups is 1. The maximum atomic E-state index is 13.0. The molecule has 0 aliphatic rings. The maximum Gasteiger partial charge on any atom is 0.255 e. The third kappa shape index (κ3) is 5.16. The summed E-state index contributed by atoms with van der Waals surface area (Å²) < 4.78 is 7.00. The molecule has 4 rings (SSSR count). The number of hydrogen-bond donors (Lipinski definition) is 2. The highest BCUT2D eigenvalue weighted by molar-refractivity contribution is 6.00. The van der Waals surface area contributed by atoms with Crippen molar-refractivity contribution in [1.29, 1.82) is 0 Å². The molecule has 4 aromatic rings. The number of nitrogens with one attached hydrogen (secondary N) is 2. The summed E-state index contributed by atoms with van der Waals surface area (Å²) in [6.45, 7) is 1.34. The number of nitrogens with zero attached hydrogens (tertiary/aromatic N) is 2. The van der Waals surface area contributed by atoms with Crippen LogP contribution in [0.4, 0.5) is 5.69 Å². The summed E-state index contributed by atoms with van der Waals surface area (Å²) in [6, 6.07) is 27.4. The Bertz CT molecular complexity index is 1140. The van der Waals surface area contributed by atoms with Crippen molar-refractivity contribution in [3.63, 3.8) is 0 Å². The van der Waals surface area contributed by atoms with Crippen LogP contribution in [0.15, 0.2) is 91.1 Å². The third-order valence-corrected chi connectivity index (χ3v) is 5.09. The lowest BCUT2D eigenvalue weighted by atomic mass is 10.1. The Morgan fingerprint density at radius 1 is 0.906 bits per heavy atom. The first-order valence-electron chi connectivity index (χ1n) is 10.6. The van der Waals surface area contributed by atoms with Crippen LogP contribution in [0, 0.1) is 0 Å². The fourth-order valence-electron chi connectivity index (χ4n) is 3.39. The van der Waals surface area contributed by atoms with E-state index in [1.54, 1.807) is 18.0 Å². The van der Waals surface area contributed by atoms with Gasteiger partial charge in [0.25, 0.3) is 5.91 Å². The molecule has 162 valence electrons. The van der Waals surface area contributed by atoms with Crippen LogP contribution in [0.25, 0.3) is 16.9 Å². The molecule has 3 aromatic carbocycles. The molecule has 6 heteroatoms. The van der Waals surface area contributed by atoms with Gasteiger partial charge in [-0.3, -0.25) is 4.79 Å². The van der Waals surface area contributed by atoms with Crippen molar-refractivity contribution in [3.05, 3.63) is 96.7 Å². The van der Waals surface area contributed by atoms with Gasteiger partial charge in [0.05, 0.1) is 18.4 Å². The molecular weight excluding hydrogens is 400 g/mol. The van der Waals surface area contributed by atoms with Crippen LogP contribution in [0.2, 0.25) is 0 Å². The first kappa shape index (κ1) is 21.2. The highest BCUT2D eigenvalue weighted by atomic mass is 16.5. The van der Waals surface area contributed by atoms with E-state index < -0.39 is 0 Å². The van der Waals surface area contributed by atoms with Gasteiger partial charge in [0.2, 0.25) is 0 Å². The van der Waals surface area contributed by atoms with Crippen molar-refractivity contribution in [1.82, 2.24) is 15.1 Å². The SMILES string of the molecule is COc1ccc(-c2nn(-c3ccccc3)cc2C(=O)NCCCNc2ccccc2)cc1. The number of ether oxygens (including phenoxy) is 1. The molecule has 0 saturated heterocycles. The van der Waals surface area contributed by atoms with E-state index in [4.69, 9.17) is 9.84 Å². The number of hydrogen-bond acceptors (Lipinski definition) is 4. The summed E-state index contributed by atoms with van der Waals surface area (Å²) >= 11 is 0. The highest BCUT2D eigenvalue weighted by Gasteiger charge is 2.18. The molecule has 1 heterocycles. The summed E-state index contributed by atoms with van der Waals surface area (Å²) in [5.74, 6) is 0.617. The number of aromatic nitrogens is 2. The maximum absolute atomic E-state index is 13.0. The van der Waals surface area contributed by atoms with Gasteiger partial charge in [0.1, 0.15) is 11.4 Å². The van der Waals surface area contributed by atoms with Crippen molar-refractivity contribution in [2.75, 3.05) is 25.5 Å². The topological polar surface area (TPSA) is 68.2 Å². The summed E-state index contributed by atoms with van der Waals surface area (Å²) in [7, 11) is 1.63. The van der Waals surface area contributed by atoms with E-state index in [0.29, 0.717) is 17.8 Å². The van der Waals surface area contributed by atoms with Crippen LogP contribution in [0.1, 0.15) is 16.8 Å². The van der Waals surface area contributed by atoms with Gasteiger partial charge in [0.15, 0.2) is 0 Å². The van der Waals surface area contributed by atoms with Gasteiger partial charge >= 0.3 is 0 Å². The summed E-state index contributed by atoms with van der Waals surface area (Å²) in [6.07, 6.45) is 2.60. The van der Waals surface area contributed by atoms with E-state index in [1.165, 1.54) is 0 Å². The molecule has 0 saturated carbocycles. The normalized spacial score (nSPS) is 10.5. The Morgan fingerprint density at radius 3 is 2.28 bits per heavy atom. The van der Waals surface area contributed by atoms with Crippen molar-refractivity contribution in [2.45, 2.75) is 6.42 Å². The Labute approximate surface area is 187 Å². The van der Waals surface area contributed by atoms with Gasteiger partial charge in [-0.25, -0.2) is 4.68 Å². The smallest absolute Gasteiger partial charge is 0.255 e. The summed E-state index contributed by atoms with van der Waals surface area (Å²) in [5, 5.41) is 11.1. The quantitative estimate of drug-likeness (QED) is 0.378. The molecule has 0 aliphatic heterocycles. The second-order valence-electron chi connectivity index (χ2n) is 7.30. The Balaban J connectivity index is 1.47. The first-order valence-corrected chi connectivity index (χ1v) is 10.6. The zero-order chi connectivity index (χ0) is 22.2. The summed E-state index contributed by atoms with van der Waals surface area (Å²) in [5.41, 5.74) is 4.00. The molecular formula is C26H26N4O2. The van der Waals surface area contributed by atoms with Gasteiger partial charge < -0.3 is 15.4 Å². The van der Waals surface area contributed by atoms with Gasteiger partial charge in [-0.2, -0.15) is 5.10 Å². The molecule has 1 aromatic heterocycles. The van der Waals surface area contributed by atoms with E-state index in [1.807, 2.05) is 84.9 Å². The number of anilines is 1. The molecule has 0 spiro atoms. The Morgan fingerprint density at radius 2 is 1.59 bits per heavy atom. The molecule has 0 radical (unpaired) electrons. The molecule has 6 nitrogen and oxygen atoms in total. The Kier molecular flexibility index (Phi) is 6.82. The van der Waals surface area contributed by atoms with Gasteiger partial charge in [-0.1, -0.05) is 36.4 Å². The number of carbonyl (C=O) groups excluding carboxylic acids is 1. The monoisotopic (exact) mass is 426 g/mol. The second-order valence-corrected chi connectivity index (χ2v) is 7.30. The number of rotatable bonds is 9. The van der Waals surface area contributed by atoms with Crippen LogP contribution < -0.4 is 15.4 Å². The standard InChI is InChI=1S/C26H26N4O2/c1-32-23-15-13-20(14-16-23)25-24(19-30(29-25)22-11-6-3-7-12-22)26(31)28-18-8-17-27-21-9-4-2-5-10-21/h2-7,9-16,19,27H,8,17-18H2,1H3,(H,28,31). The lowest BCUT2D eigenvalue weighted by molar-refractivity contribution is 0.0954. The minimum absolute atomic E-state index is 0.141. The predicted molar refractivity (Wildman–Crippen MR) is 127 cm³/mol.